The second kappa shape index (κ2) is 9.48. The number of hydrogen-bond acceptors (Lipinski definition) is 6. The Morgan fingerprint density at radius 3 is 2.50 bits per heavy atom. The molecule has 3 aliphatic heterocycles. The predicted molar refractivity (Wildman–Crippen MR) is 135 cm³/mol. The molecule has 0 unspecified atom stereocenters. The van der Waals surface area contributed by atoms with Gasteiger partial charge in [-0.25, -0.2) is 9.59 Å². The van der Waals surface area contributed by atoms with Gasteiger partial charge >= 0.3 is 12.1 Å². The van der Waals surface area contributed by atoms with Crippen molar-refractivity contribution in [1.29, 1.82) is 0 Å². The fourth-order valence-electron chi connectivity index (χ4n) is 5.34. The van der Waals surface area contributed by atoms with Crippen LogP contribution >= 0.6 is 0 Å². The zero-order chi connectivity index (χ0) is 25.4. The zero-order valence-corrected chi connectivity index (χ0v) is 21.2. The minimum absolute atomic E-state index is 0.0472. The lowest BCUT2D eigenvalue weighted by Gasteiger charge is -2.36. The Hall–Kier alpha value is -3.55. The SMILES string of the molecule is Cc1cc(N2CCN(C(=O)OCC(C)C)CC2)ccc1C(=O)N1CC[C@@]2(C1)OC(=O)c1ccccc12. The number of carbonyl (C=O) groups excluding carboxylic acids is 3. The maximum atomic E-state index is 13.4. The largest absolute Gasteiger partial charge is 0.449 e. The molecule has 190 valence electrons. The molecule has 2 amide bonds. The summed E-state index contributed by atoms with van der Waals surface area (Å²) in [5, 5.41) is 0. The molecule has 3 heterocycles. The van der Waals surface area contributed by atoms with E-state index in [1.54, 1.807) is 15.9 Å². The summed E-state index contributed by atoms with van der Waals surface area (Å²) in [4.78, 5) is 43.8. The number of amides is 2. The standard InChI is InChI=1S/C28H33N3O5/c1-19(2)17-35-27(34)30-14-12-29(13-15-30)21-8-9-22(20(3)16-21)25(32)31-11-10-28(18-31)24-7-5-4-6-23(24)26(33)36-28/h4-9,16,19H,10-15,17-18H2,1-3H3/t28-/m0/s1. The van der Waals surface area contributed by atoms with Crippen LogP contribution in [0.25, 0.3) is 0 Å². The van der Waals surface area contributed by atoms with E-state index in [1.165, 1.54) is 0 Å². The summed E-state index contributed by atoms with van der Waals surface area (Å²) in [6.07, 6.45) is 0.349. The number of rotatable bonds is 4. The highest BCUT2D eigenvalue weighted by atomic mass is 16.6. The van der Waals surface area contributed by atoms with Crippen molar-refractivity contribution in [2.24, 2.45) is 5.92 Å². The number of ether oxygens (including phenoxy) is 2. The van der Waals surface area contributed by atoms with Crippen LogP contribution in [0.4, 0.5) is 10.5 Å². The van der Waals surface area contributed by atoms with Gasteiger partial charge in [-0.2, -0.15) is 0 Å². The Labute approximate surface area is 211 Å². The van der Waals surface area contributed by atoms with E-state index in [1.807, 2.05) is 57.2 Å². The number of carbonyl (C=O) groups is 3. The number of nitrogens with zero attached hydrogens (tertiary/aromatic N) is 3. The molecule has 2 aromatic carbocycles. The number of likely N-dealkylation sites (tertiary alicyclic amines) is 1. The first-order chi connectivity index (χ1) is 17.3. The van der Waals surface area contributed by atoms with Crippen molar-refractivity contribution in [2.45, 2.75) is 32.8 Å². The van der Waals surface area contributed by atoms with E-state index in [-0.39, 0.29) is 18.0 Å². The van der Waals surface area contributed by atoms with Crippen LogP contribution in [0.1, 0.15) is 52.1 Å². The Kier molecular flexibility index (Phi) is 6.36. The molecule has 0 radical (unpaired) electrons. The number of anilines is 1. The Morgan fingerprint density at radius 1 is 1.03 bits per heavy atom. The highest BCUT2D eigenvalue weighted by molar-refractivity contribution is 5.97. The Bertz CT molecular complexity index is 1190. The van der Waals surface area contributed by atoms with Crippen molar-refractivity contribution in [1.82, 2.24) is 9.80 Å². The predicted octanol–water partition coefficient (Wildman–Crippen LogP) is 3.82. The molecular formula is C28H33N3O5. The number of aryl methyl sites for hydroxylation is 1. The van der Waals surface area contributed by atoms with Crippen LogP contribution in [0.2, 0.25) is 0 Å². The maximum Gasteiger partial charge on any atom is 0.409 e. The highest BCUT2D eigenvalue weighted by Crippen LogP contribution is 2.43. The van der Waals surface area contributed by atoms with Gasteiger partial charge in [-0.05, 0) is 42.7 Å². The van der Waals surface area contributed by atoms with E-state index in [0.29, 0.717) is 69.3 Å². The third kappa shape index (κ3) is 4.40. The Morgan fingerprint density at radius 2 is 1.78 bits per heavy atom. The van der Waals surface area contributed by atoms with Gasteiger partial charge in [0.15, 0.2) is 5.60 Å². The molecule has 0 aromatic heterocycles. The molecule has 8 nitrogen and oxygen atoms in total. The molecule has 2 aromatic rings. The van der Waals surface area contributed by atoms with E-state index < -0.39 is 5.60 Å². The minimum atomic E-state index is -0.743. The molecule has 1 atom stereocenters. The summed E-state index contributed by atoms with van der Waals surface area (Å²) in [5.41, 5.74) is 3.33. The molecule has 8 heteroatoms. The molecule has 0 N–H and O–H groups in total. The summed E-state index contributed by atoms with van der Waals surface area (Å²) < 4.78 is 11.2. The first-order valence-corrected chi connectivity index (χ1v) is 12.7. The lowest BCUT2D eigenvalue weighted by atomic mass is 9.91. The second-order valence-electron chi connectivity index (χ2n) is 10.4. The third-order valence-corrected chi connectivity index (χ3v) is 7.33. The monoisotopic (exact) mass is 491 g/mol. The van der Waals surface area contributed by atoms with Crippen molar-refractivity contribution in [3.8, 4) is 0 Å². The topological polar surface area (TPSA) is 79.4 Å². The number of benzene rings is 2. The Balaban J connectivity index is 1.22. The number of piperazine rings is 1. The van der Waals surface area contributed by atoms with Gasteiger partial charge in [0.05, 0.1) is 18.7 Å². The van der Waals surface area contributed by atoms with E-state index in [0.717, 1.165) is 16.8 Å². The molecule has 1 spiro atoms. The number of fused-ring (bicyclic) bond motifs is 2. The van der Waals surface area contributed by atoms with Crippen LogP contribution in [0.3, 0.4) is 0 Å². The molecular weight excluding hydrogens is 458 g/mol. The lowest BCUT2D eigenvalue weighted by Crippen LogP contribution is -2.49. The normalized spacial score (nSPS) is 21.2. The van der Waals surface area contributed by atoms with Gasteiger partial charge < -0.3 is 24.2 Å². The van der Waals surface area contributed by atoms with Gasteiger partial charge in [0.1, 0.15) is 0 Å². The maximum absolute atomic E-state index is 13.4. The first kappa shape index (κ1) is 24.2. The van der Waals surface area contributed by atoms with Crippen LogP contribution in [0, 0.1) is 12.8 Å². The van der Waals surface area contributed by atoms with Crippen molar-refractivity contribution in [3.63, 3.8) is 0 Å². The van der Waals surface area contributed by atoms with Gasteiger partial charge in [-0.15, -0.1) is 0 Å². The highest BCUT2D eigenvalue weighted by Gasteiger charge is 2.51. The average Bonchev–Trinajstić information content (AvgIpc) is 3.43. The van der Waals surface area contributed by atoms with Gasteiger partial charge in [0, 0.05) is 56.0 Å². The van der Waals surface area contributed by atoms with Crippen LogP contribution in [0.15, 0.2) is 42.5 Å². The van der Waals surface area contributed by atoms with Crippen LogP contribution in [0.5, 0.6) is 0 Å². The number of hydrogen-bond donors (Lipinski definition) is 0. The summed E-state index contributed by atoms with van der Waals surface area (Å²) in [6, 6.07) is 13.4. The molecule has 0 bridgehead atoms. The summed E-state index contributed by atoms with van der Waals surface area (Å²) in [7, 11) is 0. The zero-order valence-electron chi connectivity index (χ0n) is 21.2. The minimum Gasteiger partial charge on any atom is -0.449 e. The lowest BCUT2D eigenvalue weighted by molar-refractivity contribution is -0.00307. The van der Waals surface area contributed by atoms with E-state index in [9.17, 15) is 14.4 Å². The molecule has 3 aliphatic rings. The van der Waals surface area contributed by atoms with Crippen molar-refractivity contribution >= 4 is 23.7 Å². The molecule has 36 heavy (non-hydrogen) atoms. The van der Waals surface area contributed by atoms with Crippen molar-refractivity contribution in [2.75, 3.05) is 50.8 Å². The van der Waals surface area contributed by atoms with E-state index in [4.69, 9.17) is 9.47 Å². The van der Waals surface area contributed by atoms with Gasteiger partial charge in [-0.1, -0.05) is 32.0 Å². The first-order valence-electron chi connectivity index (χ1n) is 12.7. The molecule has 2 saturated heterocycles. The van der Waals surface area contributed by atoms with Crippen LogP contribution in [-0.4, -0.2) is 73.6 Å². The molecule has 0 saturated carbocycles. The summed E-state index contributed by atoms with van der Waals surface area (Å²) >= 11 is 0. The van der Waals surface area contributed by atoms with Gasteiger partial charge in [0.2, 0.25) is 0 Å². The molecule has 0 aliphatic carbocycles. The fraction of sp³-hybridized carbons (Fsp3) is 0.464. The average molecular weight is 492 g/mol. The van der Waals surface area contributed by atoms with Crippen LogP contribution in [-0.2, 0) is 15.1 Å². The van der Waals surface area contributed by atoms with E-state index in [2.05, 4.69) is 4.90 Å². The second-order valence-corrected chi connectivity index (χ2v) is 10.4. The van der Waals surface area contributed by atoms with Gasteiger partial charge in [-0.3, -0.25) is 4.79 Å². The summed E-state index contributed by atoms with van der Waals surface area (Å²) in [5.74, 6) is -0.0442. The fourth-order valence-corrected chi connectivity index (χ4v) is 5.34. The summed E-state index contributed by atoms with van der Waals surface area (Å²) in [6.45, 7) is 9.96. The molecule has 2 fully saturated rings. The van der Waals surface area contributed by atoms with Crippen molar-refractivity contribution in [3.05, 3.63) is 64.7 Å². The van der Waals surface area contributed by atoms with Crippen molar-refractivity contribution < 1.29 is 23.9 Å². The van der Waals surface area contributed by atoms with Gasteiger partial charge in [0.25, 0.3) is 5.91 Å². The number of esters is 1. The van der Waals surface area contributed by atoms with Crippen LogP contribution < -0.4 is 4.90 Å². The smallest absolute Gasteiger partial charge is 0.409 e. The van der Waals surface area contributed by atoms with E-state index >= 15 is 0 Å². The quantitative estimate of drug-likeness (QED) is 0.605. The third-order valence-electron chi connectivity index (χ3n) is 7.33. The molecule has 5 rings (SSSR count).